The lowest BCUT2D eigenvalue weighted by atomic mass is 9.95. The van der Waals surface area contributed by atoms with Gasteiger partial charge in [-0.25, -0.2) is 9.59 Å². The molecule has 1 aliphatic heterocycles. The molecule has 1 heterocycles. The Labute approximate surface area is 189 Å². The molecule has 7 nitrogen and oxygen atoms in total. The summed E-state index contributed by atoms with van der Waals surface area (Å²) in [4.78, 5) is 26.9. The van der Waals surface area contributed by atoms with E-state index in [2.05, 4.69) is 16.0 Å². The molecule has 1 saturated carbocycles. The van der Waals surface area contributed by atoms with Gasteiger partial charge in [0.1, 0.15) is 0 Å². The molecule has 1 fully saturated rings. The lowest BCUT2D eigenvalue weighted by Crippen LogP contribution is -2.46. The fourth-order valence-electron chi connectivity index (χ4n) is 3.99. The predicted octanol–water partition coefficient (Wildman–Crippen LogP) is 4.23. The first kappa shape index (κ1) is 23.1. The normalized spacial score (nSPS) is 19.8. The van der Waals surface area contributed by atoms with E-state index in [0.717, 1.165) is 24.1 Å². The maximum absolute atomic E-state index is 12.8. The summed E-state index contributed by atoms with van der Waals surface area (Å²) in [5.41, 5.74) is 2.84. The standard InChI is InChI=1S/C23H32N4O3S/c1-14(2)30-21(28)19-15(3)27(4)23(31)26-20(19)16-10-12-18(13-11-16)25-22(29)24-17-8-6-5-7-9-17/h10-14,17,20H,5-9H2,1-4H3,(H,26,31)(H2,24,25,29). The monoisotopic (exact) mass is 444 g/mol. The van der Waals surface area contributed by atoms with Crippen LogP contribution in [-0.4, -0.2) is 41.2 Å². The molecular weight excluding hydrogens is 412 g/mol. The largest absolute Gasteiger partial charge is 0.459 e. The average molecular weight is 445 g/mol. The van der Waals surface area contributed by atoms with E-state index in [1.165, 1.54) is 19.3 Å². The summed E-state index contributed by atoms with van der Waals surface area (Å²) in [5, 5.41) is 9.71. The number of esters is 1. The first-order valence-corrected chi connectivity index (χ1v) is 11.3. The van der Waals surface area contributed by atoms with Crippen LogP contribution in [0.3, 0.4) is 0 Å². The fraction of sp³-hybridized carbons (Fsp3) is 0.522. The van der Waals surface area contributed by atoms with Crippen molar-refractivity contribution in [2.45, 2.75) is 71.1 Å². The molecule has 168 valence electrons. The molecule has 8 heteroatoms. The molecule has 0 bridgehead atoms. The minimum absolute atomic E-state index is 0.185. The number of ether oxygens (including phenoxy) is 1. The third-order valence-corrected chi connectivity index (χ3v) is 6.15. The average Bonchev–Trinajstić information content (AvgIpc) is 2.72. The summed E-state index contributed by atoms with van der Waals surface area (Å²) >= 11 is 5.43. The van der Waals surface area contributed by atoms with E-state index in [1.54, 1.807) is 4.90 Å². The van der Waals surface area contributed by atoms with Crippen LogP contribution >= 0.6 is 12.2 Å². The summed E-state index contributed by atoms with van der Waals surface area (Å²) in [6, 6.07) is 7.09. The Morgan fingerprint density at radius 2 is 1.81 bits per heavy atom. The van der Waals surface area contributed by atoms with E-state index in [1.807, 2.05) is 52.1 Å². The molecule has 0 spiro atoms. The molecule has 0 saturated heterocycles. The number of benzene rings is 1. The van der Waals surface area contributed by atoms with Crippen LogP contribution in [0.4, 0.5) is 10.5 Å². The van der Waals surface area contributed by atoms with Crippen molar-refractivity contribution in [3.8, 4) is 0 Å². The van der Waals surface area contributed by atoms with Gasteiger partial charge in [0.05, 0.1) is 17.7 Å². The van der Waals surface area contributed by atoms with Crippen molar-refractivity contribution in [3.05, 3.63) is 41.1 Å². The number of allylic oxidation sites excluding steroid dienone is 1. The van der Waals surface area contributed by atoms with Crippen LogP contribution in [0.5, 0.6) is 0 Å². The number of anilines is 1. The third-order valence-electron chi connectivity index (χ3n) is 5.76. The van der Waals surface area contributed by atoms with Gasteiger partial charge in [0.2, 0.25) is 0 Å². The zero-order chi connectivity index (χ0) is 22.5. The van der Waals surface area contributed by atoms with Crippen molar-refractivity contribution in [1.82, 2.24) is 15.5 Å². The van der Waals surface area contributed by atoms with Crippen LogP contribution in [0, 0.1) is 0 Å². The number of urea groups is 1. The second-order valence-electron chi connectivity index (χ2n) is 8.45. The maximum Gasteiger partial charge on any atom is 0.338 e. The van der Waals surface area contributed by atoms with E-state index in [0.29, 0.717) is 16.4 Å². The summed E-state index contributed by atoms with van der Waals surface area (Å²) in [6.45, 7) is 5.51. The van der Waals surface area contributed by atoms with E-state index in [9.17, 15) is 9.59 Å². The van der Waals surface area contributed by atoms with Gasteiger partial charge in [-0.05, 0) is 63.5 Å². The zero-order valence-corrected chi connectivity index (χ0v) is 19.5. The highest BCUT2D eigenvalue weighted by molar-refractivity contribution is 7.80. The van der Waals surface area contributed by atoms with Crippen LogP contribution in [0.15, 0.2) is 35.5 Å². The van der Waals surface area contributed by atoms with Gasteiger partial charge in [-0.2, -0.15) is 0 Å². The minimum atomic E-state index is -0.417. The molecule has 1 unspecified atom stereocenters. The molecule has 2 aliphatic rings. The quantitative estimate of drug-likeness (QED) is 0.466. The Hall–Kier alpha value is -2.61. The van der Waals surface area contributed by atoms with Crippen LogP contribution in [-0.2, 0) is 9.53 Å². The van der Waals surface area contributed by atoms with Gasteiger partial charge in [0, 0.05) is 24.5 Å². The molecule has 1 aromatic carbocycles. The lowest BCUT2D eigenvalue weighted by molar-refractivity contribution is -0.143. The Kier molecular flexibility index (Phi) is 7.54. The molecule has 0 radical (unpaired) electrons. The molecule has 0 aromatic heterocycles. The predicted molar refractivity (Wildman–Crippen MR) is 126 cm³/mol. The minimum Gasteiger partial charge on any atom is -0.459 e. The molecular formula is C23H32N4O3S. The van der Waals surface area contributed by atoms with Crippen molar-refractivity contribution >= 4 is 35.0 Å². The van der Waals surface area contributed by atoms with Gasteiger partial charge in [0.15, 0.2) is 5.11 Å². The number of rotatable bonds is 5. The lowest BCUT2D eigenvalue weighted by Gasteiger charge is -2.35. The number of hydrogen-bond acceptors (Lipinski definition) is 4. The van der Waals surface area contributed by atoms with E-state index in [-0.39, 0.29) is 24.1 Å². The number of thiocarbonyl (C=S) groups is 1. The van der Waals surface area contributed by atoms with Crippen LogP contribution in [0.1, 0.15) is 64.5 Å². The summed E-state index contributed by atoms with van der Waals surface area (Å²) in [6.07, 6.45) is 5.43. The highest BCUT2D eigenvalue weighted by Gasteiger charge is 2.33. The summed E-state index contributed by atoms with van der Waals surface area (Å²) in [7, 11) is 1.82. The molecule has 31 heavy (non-hydrogen) atoms. The smallest absolute Gasteiger partial charge is 0.338 e. The van der Waals surface area contributed by atoms with E-state index in [4.69, 9.17) is 17.0 Å². The van der Waals surface area contributed by atoms with Crippen LogP contribution < -0.4 is 16.0 Å². The molecule has 1 aromatic rings. The molecule has 2 amide bonds. The van der Waals surface area contributed by atoms with Crippen molar-refractivity contribution in [1.29, 1.82) is 0 Å². The molecule has 1 atom stereocenters. The van der Waals surface area contributed by atoms with Gasteiger partial charge in [-0.3, -0.25) is 0 Å². The summed E-state index contributed by atoms with van der Waals surface area (Å²) < 4.78 is 5.47. The number of nitrogens with one attached hydrogen (secondary N) is 3. The van der Waals surface area contributed by atoms with Crippen molar-refractivity contribution in [2.24, 2.45) is 0 Å². The topological polar surface area (TPSA) is 82.7 Å². The highest BCUT2D eigenvalue weighted by atomic mass is 32.1. The van der Waals surface area contributed by atoms with Crippen molar-refractivity contribution < 1.29 is 14.3 Å². The number of hydrogen-bond donors (Lipinski definition) is 3. The Bertz CT molecular complexity index is 860. The second-order valence-corrected chi connectivity index (χ2v) is 8.84. The molecule has 3 N–H and O–H groups in total. The summed E-state index contributed by atoms with van der Waals surface area (Å²) in [5.74, 6) is -0.367. The van der Waals surface area contributed by atoms with Gasteiger partial charge in [-0.1, -0.05) is 31.4 Å². The van der Waals surface area contributed by atoms with Gasteiger partial charge in [0.25, 0.3) is 0 Å². The van der Waals surface area contributed by atoms with Crippen LogP contribution in [0.25, 0.3) is 0 Å². The Morgan fingerprint density at radius 1 is 1.16 bits per heavy atom. The SMILES string of the molecule is CC1=C(C(=O)OC(C)C)C(c2ccc(NC(=O)NC3CCCCC3)cc2)NC(=S)N1C. The number of carbonyl (C=O) groups excluding carboxylic acids is 2. The third kappa shape index (κ3) is 5.76. The Morgan fingerprint density at radius 3 is 2.42 bits per heavy atom. The van der Waals surface area contributed by atoms with Gasteiger partial charge >= 0.3 is 12.0 Å². The number of nitrogens with zero attached hydrogens (tertiary/aromatic N) is 1. The van der Waals surface area contributed by atoms with E-state index >= 15 is 0 Å². The van der Waals surface area contributed by atoms with Crippen molar-refractivity contribution in [3.63, 3.8) is 0 Å². The zero-order valence-electron chi connectivity index (χ0n) is 18.7. The molecule has 1 aliphatic carbocycles. The Balaban J connectivity index is 1.74. The van der Waals surface area contributed by atoms with Gasteiger partial charge < -0.3 is 25.6 Å². The first-order chi connectivity index (χ1) is 14.8. The second kappa shape index (κ2) is 10.1. The van der Waals surface area contributed by atoms with E-state index < -0.39 is 6.04 Å². The van der Waals surface area contributed by atoms with Gasteiger partial charge in [-0.15, -0.1) is 0 Å². The molecule has 3 rings (SSSR count). The highest BCUT2D eigenvalue weighted by Crippen LogP contribution is 2.31. The van der Waals surface area contributed by atoms with Crippen molar-refractivity contribution in [2.75, 3.05) is 12.4 Å². The fourth-order valence-corrected chi connectivity index (χ4v) is 4.24. The maximum atomic E-state index is 12.8. The number of carbonyl (C=O) groups is 2. The number of amides is 2. The van der Waals surface area contributed by atoms with Crippen LogP contribution in [0.2, 0.25) is 0 Å². The first-order valence-electron chi connectivity index (χ1n) is 10.9.